The van der Waals surface area contributed by atoms with Crippen LogP contribution in [0.4, 0.5) is 0 Å². The minimum Gasteiger partial charge on any atom is -0.520 e. The van der Waals surface area contributed by atoms with E-state index < -0.39 is 0 Å². The third-order valence-corrected chi connectivity index (χ3v) is 3.13. The third kappa shape index (κ3) is 9.32. The minimum absolute atomic E-state index is 0. The van der Waals surface area contributed by atoms with Crippen molar-refractivity contribution < 1.29 is 25.9 Å². The van der Waals surface area contributed by atoms with E-state index in [0.29, 0.717) is 0 Å². The Labute approximate surface area is 134 Å². The predicted molar refractivity (Wildman–Crippen MR) is 81.6 cm³/mol. The molecule has 0 aliphatic carbocycles. The second-order valence-corrected chi connectivity index (χ2v) is 4.59. The maximum absolute atomic E-state index is 10.1. The van der Waals surface area contributed by atoms with Crippen LogP contribution >= 0.6 is 9.24 Å². The summed E-state index contributed by atoms with van der Waals surface area (Å²) in [7, 11) is 2.63. The molecule has 1 unspecified atom stereocenters. The van der Waals surface area contributed by atoms with Crippen LogP contribution < -0.4 is 5.30 Å². The molecule has 0 aromatic heterocycles. The summed E-state index contributed by atoms with van der Waals surface area (Å²) in [4.78, 5) is 14.2. The topological polar surface area (TPSA) is 23.6 Å². The minimum atomic E-state index is 0. The average molecular weight is 450 g/mol. The molecule has 0 N–H and O–H groups in total. The van der Waals surface area contributed by atoms with E-state index in [4.69, 9.17) is 0 Å². The second kappa shape index (κ2) is 12.8. The van der Waals surface area contributed by atoms with Crippen molar-refractivity contribution in [3.8, 4) is 0 Å². The van der Waals surface area contributed by atoms with Crippen LogP contribution in [0, 0.1) is 7.43 Å². The van der Waals surface area contributed by atoms with E-state index in [1.165, 1.54) is 5.30 Å². The van der Waals surface area contributed by atoms with Gasteiger partial charge in [0.25, 0.3) is 0 Å². The Bertz CT molecular complexity index is 316. The molecular formula is C14H23N2OPW. The van der Waals surface area contributed by atoms with Crippen LogP contribution in [0.3, 0.4) is 0 Å². The van der Waals surface area contributed by atoms with Crippen LogP contribution in [0.2, 0.25) is 0 Å². The number of hydrogen-bond donors (Lipinski definition) is 0. The molecule has 1 aliphatic heterocycles. The molecule has 5 heteroatoms. The van der Waals surface area contributed by atoms with Gasteiger partial charge < -0.3 is 22.0 Å². The monoisotopic (exact) mass is 450 g/mol. The third-order valence-electron chi connectivity index (χ3n) is 2.75. The fourth-order valence-electron chi connectivity index (χ4n) is 1.61. The molecule has 106 valence electrons. The van der Waals surface area contributed by atoms with E-state index in [9.17, 15) is 4.79 Å². The Morgan fingerprint density at radius 2 is 1.68 bits per heavy atom. The maximum atomic E-state index is 10.1. The molecule has 1 amide bonds. The summed E-state index contributed by atoms with van der Waals surface area (Å²) in [6.45, 7) is 6.93. The first-order valence-corrected chi connectivity index (χ1v) is 6.49. The smallest absolute Gasteiger partial charge is 0.520 e. The van der Waals surface area contributed by atoms with Crippen LogP contribution in [0.1, 0.15) is 6.92 Å². The number of amides is 1. The van der Waals surface area contributed by atoms with Crippen LogP contribution in [-0.4, -0.2) is 48.9 Å². The summed E-state index contributed by atoms with van der Waals surface area (Å²) in [5, 5.41) is 1.24. The van der Waals surface area contributed by atoms with Crippen molar-refractivity contribution in [1.29, 1.82) is 0 Å². The van der Waals surface area contributed by atoms with Crippen LogP contribution in [0.15, 0.2) is 30.3 Å². The SMILES string of the molecule is CCN1CCN([C-]=O)CC1.Pc1ccccc1.[CH3-].[W+2]. The van der Waals surface area contributed by atoms with E-state index in [1.54, 1.807) is 4.90 Å². The first kappa shape index (κ1) is 21.1. The first-order valence-electron chi connectivity index (χ1n) is 5.92. The van der Waals surface area contributed by atoms with E-state index in [2.05, 4.69) is 21.1 Å². The van der Waals surface area contributed by atoms with Gasteiger partial charge in [0.1, 0.15) is 0 Å². The van der Waals surface area contributed by atoms with Crippen molar-refractivity contribution in [1.82, 2.24) is 9.80 Å². The van der Waals surface area contributed by atoms with Gasteiger partial charge in [-0.25, -0.2) is 0 Å². The number of rotatable bonds is 2. The zero-order valence-electron chi connectivity index (χ0n) is 11.7. The zero-order valence-corrected chi connectivity index (χ0v) is 15.8. The van der Waals surface area contributed by atoms with Crippen molar-refractivity contribution in [3.05, 3.63) is 37.8 Å². The first-order chi connectivity index (χ1) is 8.26. The molecule has 1 aromatic carbocycles. The summed E-state index contributed by atoms with van der Waals surface area (Å²) < 4.78 is 0. The van der Waals surface area contributed by atoms with Crippen molar-refractivity contribution in [2.45, 2.75) is 6.92 Å². The number of benzene rings is 1. The Kier molecular flexibility index (Phi) is 14.2. The molecule has 1 fully saturated rings. The molecule has 0 saturated carbocycles. The van der Waals surface area contributed by atoms with Crippen molar-refractivity contribution in [3.63, 3.8) is 0 Å². The van der Waals surface area contributed by atoms with Gasteiger partial charge in [0, 0.05) is 26.2 Å². The van der Waals surface area contributed by atoms with E-state index in [0.717, 1.165) is 32.7 Å². The van der Waals surface area contributed by atoms with Gasteiger partial charge in [0.2, 0.25) is 0 Å². The van der Waals surface area contributed by atoms with Gasteiger partial charge in [-0.3, -0.25) is 0 Å². The van der Waals surface area contributed by atoms with Gasteiger partial charge >= 0.3 is 21.1 Å². The Hall–Kier alpha value is -0.232. The molecule has 3 nitrogen and oxygen atoms in total. The molecule has 1 aromatic rings. The number of nitrogens with zero attached hydrogens (tertiary/aromatic N) is 2. The summed E-state index contributed by atoms with van der Waals surface area (Å²) in [5.74, 6) is 0. The predicted octanol–water partition coefficient (Wildman–Crippen LogP) is 1.33. The van der Waals surface area contributed by atoms with Gasteiger partial charge in [0.05, 0.1) is 0 Å². The molecule has 2 rings (SSSR count). The van der Waals surface area contributed by atoms with Gasteiger partial charge in [-0.15, -0.1) is 9.24 Å². The number of carbonyl (C=O) groups excluding carboxylic acids is 1. The molecule has 0 bridgehead atoms. The normalized spacial score (nSPS) is 14.3. The van der Waals surface area contributed by atoms with E-state index in [-0.39, 0.29) is 28.5 Å². The van der Waals surface area contributed by atoms with Gasteiger partial charge in [-0.2, -0.15) is 6.41 Å². The number of piperazine rings is 1. The van der Waals surface area contributed by atoms with E-state index >= 15 is 0 Å². The molecule has 0 spiro atoms. The zero-order chi connectivity index (χ0) is 12.5. The van der Waals surface area contributed by atoms with Crippen LogP contribution in [0.25, 0.3) is 0 Å². The van der Waals surface area contributed by atoms with E-state index in [1.807, 2.05) is 36.7 Å². The summed E-state index contributed by atoms with van der Waals surface area (Å²) in [6, 6.07) is 10.1. The largest absolute Gasteiger partial charge is 2.00 e. The fraction of sp³-hybridized carbons (Fsp3) is 0.429. The quantitative estimate of drug-likeness (QED) is 0.502. The molecule has 1 saturated heterocycles. The standard InChI is InChI=1S/C7H13N2O.C6H7P.CH3.W/c1-2-8-3-5-9(7-10)6-4-8;7-6-4-2-1-3-5-6;;/h2-6H2,1H3;1-5H,7H2;1H3;/q-1;;-1;+2. The van der Waals surface area contributed by atoms with Crippen molar-refractivity contribution in [2.24, 2.45) is 0 Å². The van der Waals surface area contributed by atoms with Crippen molar-refractivity contribution >= 4 is 21.0 Å². The Morgan fingerprint density at radius 3 is 2.00 bits per heavy atom. The fourth-order valence-corrected chi connectivity index (χ4v) is 1.83. The number of hydrogen-bond acceptors (Lipinski definition) is 2. The Balaban J connectivity index is 0. The number of likely N-dealkylation sites (N-methyl/N-ethyl adjacent to an activating group) is 1. The van der Waals surface area contributed by atoms with Crippen LogP contribution in [0.5, 0.6) is 0 Å². The average Bonchev–Trinajstić information content (AvgIpc) is 2.40. The molecule has 1 atom stereocenters. The summed E-state index contributed by atoms with van der Waals surface area (Å²) >= 11 is 0. The van der Waals surface area contributed by atoms with Crippen LogP contribution in [-0.2, 0) is 25.9 Å². The molecule has 19 heavy (non-hydrogen) atoms. The molecule has 0 radical (unpaired) electrons. The van der Waals surface area contributed by atoms with Gasteiger partial charge in [-0.1, -0.05) is 37.3 Å². The molecule has 1 aliphatic rings. The maximum Gasteiger partial charge on any atom is 2.00 e. The summed E-state index contributed by atoms with van der Waals surface area (Å²) in [5.41, 5.74) is 0. The summed E-state index contributed by atoms with van der Waals surface area (Å²) in [6.07, 6.45) is 1.91. The Morgan fingerprint density at radius 1 is 1.16 bits per heavy atom. The van der Waals surface area contributed by atoms with Gasteiger partial charge in [-0.05, 0) is 11.8 Å². The second-order valence-electron chi connectivity index (χ2n) is 3.92. The molecule has 1 heterocycles. The van der Waals surface area contributed by atoms with Crippen molar-refractivity contribution in [2.75, 3.05) is 32.7 Å². The van der Waals surface area contributed by atoms with Gasteiger partial charge in [0.15, 0.2) is 0 Å². The molecular weight excluding hydrogens is 427 g/mol.